The van der Waals surface area contributed by atoms with Crippen molar-refractivity contribution < 1.29 is 23.6 Å². The second-order valence-corrected chi connectivity index (χ2v) is 17.8. The minimum Gasteiger partial charge on any atom is -0.469 e. The molecule has 1 atom stereocenters. The van der Waals surface area contributed by atoms with Crippen molar-refractivity contribution in [1.82, 2.24) is 0 Å². The lowest BCUT2D eigenvalue weighted by Gasteiger charge is -2.32. The molecule has 4 aromatic carbocycles. The standard InChI is InChI=1S/C53H69N2O4/c1-8-9-10-11-15-18-30-45(51(57)59-7)55-44-37-35-40-27-21-23-29-42(40)50(44)53(4,5)47(55)32-25-31-46-52(2,3)49-41-28-22-20-26-39(41)34-36-43(49)54(46)38-24-17-14-12-13-16-19-33-48(56)58-6/h20-23,25-29,31-32,34-37,45H,8-19,24,30,33,38H2,1-7H3/q+1. The zero-order valence-electron chi connectivity index (χ0n) is 37.1. The van der Waals surface area contributed by atoms with Crippen molar-refractivity contribution in [2.24, 2.45) is 0 Å². The number of carbonyl (C=O) groups is 2. The Hall–Kier alpha value is -4.71. The largest absolute Gasteiger partial charge is 0.469 e. The van der Waals surface area contributed by atoms with Crippen LogP contribution in [0, 0.1) is 0 Å². The Bertz CT molecular complexity index is 2190. The molecule has 0 N–H and O–H groups in total. The summed E-state index contributed by atoms with van der Waals surface area (Å²) in [7, 11) is 3.00. The highest BCUT2D eigenvalue weighted by atomic mass is 16.5. The SMILES string of the molecule is CCCCCCCCC(C(=O)OC)N1/C(=C\C=C\C2=[N+](CCCCCCCCCC(=O)OC)c3ccc4ccccc4c3C2(C)C)C(C)(C)c2c1ccc1ccccc21. The molecule has 0 fully saturated rings. The molecule has 0 saturated carbocycles. The summed E-state index contributed by atoms with van der Waals surface area (Å²) in [6, 6.07) is 26.1. The van der Waals surface area contributed by atoms with Gasteiger partial charge in [-0.3, -0.25) is 4.79 Å². The molecule has 314 valence electrons. The summed E-state index contributed by atoms with van der Waals surface area (Å²) >= 11 is 0. The monoisotopic (exact) mass is 798 g/mol. The Kier molecular flexibility index (Phi) is 14.9. The zero-order chi connectivity index (χ0) is 42.0. The summed E-state index contributed by atoms with van der Waals surface area (Å²) < 4.78 is 12.9. The Balaban J connectivity index is 1.34. The molecular weight excluding hydrogens is 729 g/mol. The van der Waals surface area contributed by atoms with Crippen LogP contribution in [0.15, 0.2) is 96.7 Å². The highest BCUT2D eigenvalue weighted by Gasteiger charge is 2.47. The van der Waals surface area contributed by atoms with E-state index in [9.17, 15) is 9.59 Å². The molecule has 6 heteroatoms. The molecule has 0 bridgehead atoms. The van der Waals surface area contributed by atoms with Crippen molar-refractivity contribution in [1.29, 1.82) is 0 Å². The van der Waals surface area contributed by atoms with Gasteiger partial charge in [-0.15, -0.1) is 0 Å². The van der Waals surface area contributed by atoms with Gasteiger partial charge in [0.15, 0.2) is 5.71 Å². The number of methoxy groups -OCH3 is 2. The highest BCUT2D eigenvalue weighted by molar-refractivity contribution is 6.08. The molecule has 1 unspecified atom stereocenters. The minimum absolute atomic E-state index is 0.110. The number of rotatable bonds is 21. The number of benzene rings is 4. The molecule has 2 heterocycles. The van der Waals surface area contributed by atoms with Gasteiger partial charge in [0.05, 0.1) is 19.6 Å². The average Bonchev–Trinajstić information content (AvgIpc) is 3.60. The summed E-state index contributed by atoms with van der Waals surface area (Å²) in [5.74, 6) is -0.285. The predicted molar refractivity (Wildman–Crippen MR) is 246 cm³/mol. The van der Waals surface area contributed by atoms with Crippen LogP contribution in [-0.2, 0) is 29.9 Å². The third-order valence-corrected chi connectivity index (χ3v) is 13.1. The fraction of sp³-hybridized carbons (Fsp3) is 0.491. The normalized spacial score (nSPS) is 16.7. The van der Waals surface area contributed by atoms with E-state index in [4.69, 9.17) is 9.47 Å². The number of nitrogens with zero attached hydrogens (tertiary/aromatic N) is 2. The molecule has 2 aliphatic rings. The van der Waals surface area contributed by atoms with Gasteiger partial charge in [0.2, 0.25) is 5.69 Å². The van der Waals surface area contributed by atoms with Crippen LogP contribution in [0.25, 0.3) is 21.5 Å². The van der Waals surface area contributed by atoms with Gasteiger partial charge in [0.1, 0.15) is 12.6 Å². The lowest BCUT2D eigenvalue weighted by molar-refractivity contribution is -0.438. The fourth-order valence-electron chi connectivity index (χ4n) is 9.94. The van der Waals surface area contributed by atoms with Crippen LogP contribution in [0.3, 0.4) is 0 Å². The van der Waals surface area contributed by atoms with Gasteiger partial charge in [0.25, 0.3) is 0 Å². The zero-order valence-corrected chi connectivity index (χ0v) is 37.1. The number of hydrogen-bond acceptors (Lipinski definition) is 5. The van der Waals surface area contributed by atoms with Crippen molar-refractivity contribution in [2.75, 3.05) is 25.7 Å². The third kappa shape index (κ3) is 9.53. The van der Waals surface area contributed by atoms with E-state index in [-0.39, 0.29) is 22.8 Å². The molecule has 0 aromatic heterocycles. The molecule has 0 spiro atoms. The van der Waals surface area contributed by atoms with E-state index >= 15 is 0 Å². The summed E-state index contributed by atoms with van der Waals surface area (Å²) in [6.07, 6.45) is 22.9. The Morgan fingerprint density at radius 1 is 0.678 bits per heavy atom. The maximum Gasteiger partial charge on any atom is 0.328 e. The lowest BCUT2D eigenvalue weighted by Crippen LogP contribution is -2.42. The molecule has 6 nitrogen and oxygen atoms in total. The first-order valence-electron chi connectivity index (χ1n) is 22.6. The molecule has 4 aromatic rings. The molecule has 59 heavy (non-hydrogen) atoms. The molecule has 2 aliphatic heterocycles. The van der Waals surface area contributed by atoms with Gasteiger partial charge in [0, 0.05) is 47.3 Å². The number of ether oxygens (including phenoxy) is 2. The van der Waals surface area contributed by atoms with Crippen molar-refractivity contribution in [3.63, 3.8) is 0 Å². The Morgan fingerprint density at radius 3 is 1.93 bits per heavy atom. The summed E-state index contributed by atoms with van der Waals surface area (Å²) in [5.41, 5.74) is 6.90. The van der Waals surface area contributed by atoms with E-state index in [2.05, 4.69) is 135 Å². The fourth-order valence-corrected chi connectivity index (χ4v) is 9.94. The summed E-state index contributed by atoms with van der Waals surface area (Å²) in [5, 5.41) is 5.03. The van der Waals surface area contributed by atoms with Gasteiger partial charge in [-0.05, 0) is 78.4 Å². The van der Waals surface area contributed by atoms with Crippen LogP contribution >= 0.6 is 0 Å². The molecule has 0 radical (unpaired) electrons. The lowest BCUT2D eigenvalue weighted by atomic mass is 9.79. The smallest absolute Gasteiger partial charge is 0.328 e. The quantitative estimate of drug-likeness (QED) is 0.0477. The first-order valence-corrected chi connectivity index (χ1v) is 22.6. The van der Waals surface area contributed by atoms with Crippen LogP contribution in [-0.4, -0.2) is 49.0 Å². The predicted octanol–water partition coefficient (Wildman–Crippen LogP) is 13.2. The van der Waals surface area contributed by atoms with Crippen LogP contribution in [0.5, 0.6) is 0 Å². The number of fused-ring (bicyclic) bond motifs is 6. The van der Waals surface area contributed by atoms with Crippen molar-refractivity contribution >= 4 is 50.6 Å². The van der Waals surface area contributed by atoms with Crippen LogP contribution < -0.4 is 4.90 Å². The maximum atomic E-state index is 13.9. The van der Waals surface area contributed by atoms with Gasteiger partial charge in [-0.2, -0.15) is 4.58 Å². The maximum absolute atomic E-state index is 13.9. The number of hydrogen-bond donors (Lipinski definition) is 0. The average molecular weight is 798 g/mol. The van der Waals surface area contributed by atoms with Crippen molar-refractivity contribution in [2.45, 2.75) is 148 Å². The second kappa shape index (κ2) is 20.0. The van der Waals surface area contributed by atoms with E-state index in [0.29, 0.717) is 6.42 Å². The van der Waals surface area contributed by atoms with Crippen molar-refractivity contribution in [3.8, 4) is 0 Å². The van der Waals surface area contributed by atoms with Gasteiger partial charge in [-0.25, -0.2) is 4.79 Å². The van der Waals surface area contributed by atoms with Gasteiger partial charge < -0.3 is 14.4 Å². The van der Waals surface area contributed by atoms with E-state index in [1.807, 2.05) is 0 Å². The molecular formula is C53H69N2O4+. The topological polar surface area (TPSA) is 58.8 Å². The molecule has 0 amide bonds. The van der Waals surface area contributed by atoms with Gasteiger partial charge in [-0.1, -0.05) is 146 Å². The summed E-state index contributed by atoms with van der Waals surface area (Å²) in [4.78, 5) is 27.7. The third-order valence-electron chi connectivity index (χ3n) is 13.1. The minimum atomic E-state index is -0.414. The number of esters is 2. The number of unbranched alkanes of at least 4 members (excludes halogenated alkanes) is 11. The Labute approximate surface area is 354 Å². The van der Waals surface area contributed by atoms with E-state index < -0.39 is 6.04 Å². The highest BCUT2D eigenvalue weighted by Crippen LogP contribution is 2.52. The van der Waals surface area contributed by atoms with Crippen molar-refractivity contribution in [3.05, 3.63) is 108 Å². The number of anilines is 1. The van der Waals surface area contributed by atoms with Crippen LogP contribution in [0.4, 0.5) is 11.4 Å². The summed E-state index contributed by atoms with van der Waals surface area (Å²) in [6.45, 7) is 12.6. The molecule has 0 aliphatic carbocycles. The first-order chi connectivity index (χ1) is 28.6. The van der Waals surface area contributed by atoms with Crippen LogP contribution in [0.2, 0.25) is 0 Å². The van der Waals surface area contributed by atoms with Gasteiger partial charge >= 0.3 is 11.9 Å². The van der Waals surface area contributed by atoms with Crippen LogP contribution in [0.1, 0.15) is 142 Å². The number of carbonyl (C=O) groups excluding carboxylic acids is 2. The molecule has 0 saturated heterocycles. The van der Waals surface area contributed by atoms with E-state index in [1.54, 1.807) is 0 Å². The van der Waals surface area contributed by atoms with E-state index in [0.717, 1.165) is 62.9 Å². The Morgan fingerprint density at radius 2 is 1.27 bits per heavy atom. The van der Waals surface area contributed by atoms with E-state index in [1.165, 1.54) is 103 Å². The second-order valence-electron chi connectivity index (χ2n) is 17.8. The molecule has 6 rings (SSSR count). The number of allylic oxidation sites excluding steroid dienone is 4. The first kappa shape index (κ1) is 43.9.